The third-order valence-corrected chi connectivity index (χ3v) is 4.49. The van der Waals surface area contributed by atoms with E-state index < -0.39 is 0 Å². The molecule has 0 spiro atoms. The molecule has 0 bridgehead atoms. The van der Waals surface area contributed by atoms with Gasteiger partial charge >= 0.3 is 0 Å². The predicted octanol–water partition coefficient (Wildman–Crippen LogP) is 4.24. The maximum atomic E-state index is 12.9. The zero-order valence-corrected chi connectivity index (χ0v) is 15.3. The molecular weight excluding hydrogens is 367 g/mol. The van der Waals surface area contributed by atoms with Gasteiger partial charge in [-0.2, -0.15) is 5.10 Å². The summed E-state index contributed by atoms with van der Waals surface area (Å²) in [6, 6.07) is 14.9. The number of thiophene rings is 1. The highest BCUT2D eigenvalue weighted by Gasteiger charge is 2.07. The summed E-state index contributed by atoms with van der Waals surface area (Å²) in [6.45, 7) is 0.293. The molecule has 3 aromatic rings. The Morgan fingerprint density at radius 3 is 2.70 bits per heavy atom. The van der Waals surface area contributed by atoms with Gasteiger partial charge in [-0.15, -0.1) is 11.3 Å². The molecule has 1 amide bonds. The number of amides is 1. The molecule has 0 unspecified atom stereocenters. The monoisotopic (exact) mass is 384 g/mol. The first-order valence-electron chi connectivity index (χ1n) is 8.08. The Hall–Kier alpha value is -3.19. The first-order chi connectivity index (χ1) is 13.2. The summed E-state index contributed by atoms with van der Waals surface area (Å²) in [5, 5.41) is 5.78. The topological polar surface area (TPSA) is 59.9 Å². The Labute approximate surface area is 160 Å². The van der Waals surface area contributed by atoms with Gasteiger partial charge in [0.1, 0.15) is 12.4 Å². The molecule has 0 aliphatic carbocycles. The van der Waals surface area contributed by atoms with Crippen molar-refractivity contribution in [2.75, 3.05) is 7.11 Å². The average molecular weight is 384 g/mol. The van der Waals surface area contributed by atoms with Crippen molar-refractivity contribution in [1.29, 1.82) is 0 Å². The molecule has 1 N–H and O–H groups in total. The largest absolute Gasteiger partial charge is 0.493 e. The molecule has 0 aliphatic heterocycles. The summed E-state index contributed by atoms with van der Waals surface area (Å²) in [5.74, 6) is 0.547. The van der Waals surface area contributed by atoms with Crippen LogP contribution in [0.3, 0.4) is 0 Å². The number of hydrogen-bond acceptors (Lipinski definition) is 5. The van der Waals surface area contributed by atoms with Gasteiger partial charge in [0.2, 0.25) is 0 Å². The van der Waals surface area contributed by atoms with Gasteiger partial charge in [0.05, 0.1) is 18.2 Å². The zero-order valence-electron chi connectivity index (χ0n) is 14.5. The van der Waals surface area contributed by atoms with E-state index in [0.29, 0.717) is 23.0 Å². The van der Waals surface area contributed by atoms with Gasteiger partial charge in [-0.1, -0.05) is 18.2 Å². The SMILES string of the molecule is COc1cc(C=NNC(=O)c2cccs2)ccc1OCc1ccc(F)cc1. The predicted molar refractivity (Wildman–Crippen MR) is 103 cm³/mol. The number of rotatable bonds is 7. The third-order valence-electron chi connectivity index (χ3n) is 3.62. The molecule has 27 heavy (non-hydrogen) atoms. The van der Waals surface area contributed by atoms with Crippen molar-refractivity contribution in [3.63, 3.8) is 0 Å². The maximum absolute atomic E-state index is 12.9. The van der Waals surface area contributed by atoms with E-state index in [4.69, 9.17) is 9.47 Å². The second kappa shape index (κ2) is 8.95. The van der Waals surface area contributed by atoms with E-state index in [-0.39, 0.29) is 11.7 Å². The first kappa shape index (κ1) is 18.6. The molecular formula is C20H17FN2O3S. The van der Waals surface area contributed by atoms with Crippen LogP contribution in [-0.2, 0) is 6.61 Å². The van der Waals surface area contributed by atoms with Crippen LogP contribution in [0, 0.1) is 5.82 Å². The molecule has 2 aromatic carbocycles. The minimum Gasteiger partial charge on any atom is -0.493 e. The highest BCUT2D eigenvalue weighted by Crippen LogP contribution is 2.28. The lowest BCUT2D eigenvalue weighted by Gasteiger charge is -2.11. The number of nitrogens with zero attached hydrogens (tertiary/aromatic N) is 1. The summed E-state index contributed by atoms with van der Waals surface area (Å²) in [7, 11) is 1.54. The van der Waals surface area contributed by atoms with Crippen molar-refractivity contribution in [2.24, 2.45) is 5.10 Å². The minimum absolute atomic E-state index is 0.257. The molecule has 0 aliphatic rings. The quantitative estimate of drug-likeness (QED) is 0.490. The lowest BCUT2D eigenvalue weighted by Crippen LogP contribution is -2.16. The van der Waals surface area contributed by atoms with Crippen LogP contribution >= 0.6 is 11.3 Å². The highest BCUT2D eigenvalue weighted by molar-refractivity contribution is 7.12. The second-order valence-corrected chi connectivity index (χ2v) is 6.45. The Morgan fingerprint density at radius 1 is 1.19 bits per heavy atom. The molecule has 5 nitrogen and oxygen atoms in total. The molecule has 0 fully saturated rings. The van der Waals surface area contributed by atoms with E-state index in [1.807, 2.05) is 5.38 Å². The van der Waals surface area contributed by atoms with E-state index in [1.165, 1.54) is 29.7 Å². The van der Waals surface area contributed by atoms with E-state index in [0.717, 1.165) is 11.1 Å². The fraction of sp³-hybridized carbons (Fsp3) is 0.100. The number of methoxy groups -OCH3 is 1. The lowest BCUT2D eigenvalue weighted by atomic mass is 10.2. The number of carbonyl (C=O) groups is 1. The Bertz CT molecular complexity index is 925. The summed E-state index contributed by atoms with van der Waals surface area (Å²) in [6.07, 6.45) is 1.53. The Balaban J connectivity index is 1.62. The normalized spacial score (nSPS) is 10.7. The van der Waals surface area contributed by atoms with Gasteiger partial charge in [-0.25, -0.2) is 9.82 Å². The standard InChI is InChI=1S/C20H17FN2O3S/c1-25-18-11-15(12-22-23-20(24)19-3-2-10-27-19)6-9-17(18)26-13-14-4-7-16(21)8-5-14/h2-12H,13H2,1H3,(H,23,24). The van der Waals surface area contributed by atoms with Crippen LogP contribution in [0.2, 0.25) is 0 Å². The highest BCUT2D eigenvalue weighted by atomic mass is 32.1. The van der Waals surface area contributed by atoms with Crippen molar-refractivity contribution in [2.45, 2.75) is 6.61 Å². The van der Waals surface area contributed by atoms with Crippen LogP contribution < -0.4 is 14.9 Å². The molecule has 0 radical (unpaired) electrons. The van der Waals surface area contributed by atoms with Crippen LogP contribution in [0.15, 0.2) is 65.1 Å². The van der Waals surface area contributed by atoms with Crippen molar-refractivity contribution in [3.8, 4) is 11.5 Å². The second-order valence-electron chi connectivity index (χ2n) is 5.50. The molecule has 0 saturated heterocycles. The van der Waals surface area contributed by atoms with E-state index in [1.54, 1.807) is 49.6 Å². The number of ether oxygens (including phenoxy) is 2. The van der Waals surface area contributed by atoms with E-state index in [2.05, 4.69) is 10.5 Å². The summed E-state index contributed by atoms with van der Waals surface area (Å²) < 4.78 is 24.0. The fourth-order valence-electron chi connectivity index (χ4n) is 2.25. The number of nitrogens with one attached hydrogen (secondary N) is 1. The average Bonchev–Trinajstić information content (AvgIpc) is 3.23. The molecule has 1 aromatic heterocycles. The molecule has 138 valence electrons. The first-order valence-corrected chi connectivity index (χ1v) is 8.96. The van der Waals surface area contributed by atoms with Crippen LogP contribution in [-0.4, -0.2) is 19.2 Å². The van der Waals surface area contributed by atoms with Crippen LogP contribution in [0.25, 0.3) is 0 Å². The Kier molecular flexibility index (Phi) is 6.17. The van der Waals surface area contributed by atoms with Crippen LogP contribution in [0.1, 0.15) is 20.8 Å². The smallest absolute Gasteiger partial charge is 0.281 e. The maximum Gasteiger partial charge on any atom is 0.281 e. The van der Waals surface area contributed by atoms with Gasteiger partial charge in [-0.3, -0.25) is 4.79 Å². The molecule has 0 atom stereocenters. The van der Waals surface area contributed by atoms with Crippen molar-refractivity contribution < 1.29 is 18.7 Å². The zero-order chi connectivity index (χ0) is 19.1. The van der Waals surface area contributed by atoms with Gasteiger partial charge in [0.15, 0.2) is 11.5 Å². The Morgan fingerprint density at radius 2 is 2.00 bits per heavy atom. The minimum atomic E-state index is -0.286. The molecule has 3 rings (SSSR count). The summed E-state index contributed by atoms with van der Waals surface area (Å²) >= 11 is 1.35. The van der Waals surface area contributed by atoms with Crippen LogP contribution in [0.5, 0.6) is 11.5 Å². The number of hydrogen-bond donors (Lipinski definition) is 1. The van der Waals surface area contributed by atoms with Gasteiger partial charge < -0.3 is 9.47 Å². The molecule has 7 heteroatoms. The van der Waals surface area contributed by atoms with Gasteiger partial charge in [0.25, 0.3) is 5.91 Å². The number of benzene rings is 2. The van der Waals surface area contributed by atoms with Gasteiger partial charge in [0, 0.05) is 0 Å². The number of hydrazone groups is 1. The molecule has 0 saturated carbocycles. The third kappa shape index (κ3) is 5.15. The summed E-state index contributed by atoms with van der Waals surface area (Å²) in [5.41, 5.74) is 4.07. The van der Waals surface area contributed by atoms with Crippen LogP contribution in [0.4, 0.5) is 4.39 Å². The number of carbonyl (C=O) groups excluding carboxylic acids is 1. The van der Waals surface area contributed by atoms with Crippen molar-refractivity contribution >= 4 is 23.5 Å². The summed E-state index contributed by atoms with van der Waals surface area (Å²) in [4.78, 5) is 12.4. The van der Waals surface area contributed by atoms with E-state index in [9.17, 15) is 9.18 Å². The lowest BCUT2D eigenvalue weighted by molar-refractivity contribution is 0.0959. The fourth-order valence-corrected chi connectivity index (χ4v) is 2.87. The van der Waals surface area contributed by atoms with Crippen molar-refractivity contribution in [1.82, 2.24) is 5.43 Å². The van der Waals surface area contributed by atoms with E-state index >= 15 is 0 Å². The number of halogens is 1. The molecule has 1 heterocycles. The van der Waals surface area contributed by atoms with Gasteiger partial charge in [-0.05, 0) is 52.9 Å². The van der Waals surface area contributed by atoms with Crippen molar-refractivity contribution in [3.05, 3.63) is 81.8 Å².